The largest absolute Gasteiger partial charge is 0.491 e. The molecule has 1 aromatic carbocycles. The van der Waals surface area contributed by atoms with Crippen LogP contribution in [0.25, 0.3) is 0 Å². The number of benzene rings is 1. The van der Waals surface area contributed by atoms with Crippen LogP contribution in [-0.4, -0.2) is 207 Å². The van der Waals surface area contributed by atoms with Gasteiger partial charge in [0.25, 0.3) is 5.69 Å². The molecule has 3 aliphatic heterocycles. The van der Waals surface area contributed by atoms with Gasteiger partial charge in [-0.3, -0.25) is 14.9 Å². The molecule has 4 aliphatic rings. The summed E-state index contributed by atoms with van der Waals surface area (Å²) in [7, 11) is 1.31. The Hall–Kier alpha value is -6.30. The third kappa shape index (κ3) is 20.7. The number of hydrogen-bond acceptors (Lipinski definition) is 21. The summed E-state index contributed by atoms with van der Waals surface area (Å²) >= 11 is 0. The van der Waals surface area contributed by atoms with E-state index >= 15 is 0 Å². The minimum Gasteiger partial charge on any atom is -0.491 e. The maximum atomic E-state index is 14.1. The molecule has 0 aromatic heterocycles. The van der Waals surface area contributed by atoms with E-state index < -0.39 is 143 Å². The highest BCUT2D eigenvalue weighted by Crippen LogP contribution is 2.39. The first-order chi connectivity index (χ1) is 38.8. The Kier molecular flexibility index (Phi) is 23.0. The smallest absolute Gasteiger partial charge is 0.410 e. The lowest BCUT2D eigenvalue weighted by molar-refractivity contribution is -0.384. The molecule has 1 aromatic rings. The number of alkyl carbamates (subject to hydrolysis) is 3. The lowest BCUT2D eigenvalue weighted by atomic mass is 9.72. The van der Waals surface area contributed by atoms with Gasteiger partial charge in [0.15, 0.2) is 6.29 Å². The van der Waals surface area contributed by atoms with Gasteiger partial charge in [-0.2, -0.15) is 0 Å². The van der Waals surface area contributed by atoms with Gasteiger partial charge in [-0.1, -0.05) is 0 Å². The van der Waals surface area contributed by atoms with Gasteiger partial charge < -0.3 is 94.7 Å². The molecule has 28 nitrogen and oxygen atoms in total. The van der Waals surface area contributed by atoms with Crippen LogP contribution in [0.1, 0.15) is 121 Å². The van der Waals surface area contributed by atoms with Crippen LogP contribution in [0.2, 0.25) is 0 Å². The van der Waals surface area contributed by atoms with Crippen molar-refractivity contribution >= 4 is 42.1 Å². The normalized spacial score (nSPS) is 27.8. The number of likely N-dealkylation sites (tertiary alicyclic amines) is 1. The maximum absolute atomic E-state index is 14.1. The molecule has 2 saturated heterocycles. The molecule has 1 saturated carbocycles. The molecule has 474 valence electrons. The van der Waals surface area contributed by atoms with Gasteiger partial charge in [-0.15, -0.1) is 0 Å². The predicted molar refractivity (Wildman–Crippen MR) is 300 cm³/mol. The number of nitro benzene ring substituents is 1. The molecule has 9 N–H and O–H groups in total. The average molecular weight is 1200 g/mol. The number of rotatable bonds is 18. The van der Waals surface area contributed by atoms with Gasteiger partial charge in [-0.25, -0.2) is 24.0 Å². The molecule has 3 heterocycles. The van der Waals surface area contributed by atoms with Gasteiger partial charge in [-0.05, 0) is 145 Å². The van der Waals surface area contributed by atoms with Gasteiger partial charge >= 0.3 is 30.5 Å². The first kappa shape index (κ1) is 68.5. The van der Waals surface area contributed by atoms with Crippen LogP contribution in [0.15, 0.2) is 36.1 Å². The topological polar surface area (TPSA) is 367 Å². The number of aliphatic hydroxyl groups excluding tert-OH is 3. The molecule has 2 unspecified atom stereocenters. The number of aliphatic hydroxyl groups is 4. The molecule has 3 fully saturated rings. The van der Waals surface area contributed by atoms with E-state index in [4.69, 9.17) is 37.9 Å². The highest BCUT2D eigenvalue weighted by Gasteiger charge is 2.56. The number of amides is 6. The quantitative estimate of drug-likeness (QED) is 0.0573. The molecule has 28 heteroatoms. The molecular formula is C56H90N8O20. The number of carbonyl (C=O) groups is 6. The molecular weight excluding hydrogens is 1100 g/mol. The summed E-state index contributed by atoms with van der Waals surface area (Å²) in [6, 6.07) is 0.751. The highest BCUT2D eigenvalue weighted by atomic mass is 16.7. The van der Waals surface area contributed by atoms with E-state index in [1.54, 1.807) is 94.1 Å². The fraction of sp³-hybridized carbons (Fsp3) is 0.750. The summed E-state index contributed by atoms with van der Waals surface area (Å²) in [4.78, 5) is 93.5. The van der Waals surface area contributed by atoms with Crippen molar-refractivity contribution in [3.8, 4) is 0 Å². The first-order valence-corrected chi connectivity index (χ1v) is 28.3. The fourth-order valence-corrected chi connectivity index (χ4v) is 10.2. The van der Waals surface area contributed by atoms with Crippen molar-refractivity contribution in [3.05, 3.63) is 51.8 Å². The zero-order chi connectivity index (χ0) is 62.9. The Bertz CT molecular complexity index is 2470. The average Bonchev–Trinajstić information content (AvgIpc) is 1.81. The van der Waals surface area contributed by atoms with Crippen LogP contribution in [-0.2, 0) is 49.3 Å². The Labute approximate surface area is 490 Å². The lowest BCUT2D eigenvalue weighted by Crippen LogP contribution is -2.71. The molecule has 1 aliphatic carbocycles. The summed E-state index contributed by atoms with van der Waals surface area (Å²) in [5, 5.41) is 73.7. The van der Waals surface area contributed by atoms with Crippen LogP contribution in [0, 0.1) is 22.0 Å². The second-order valence-corrected chi connectivity index (χ2v) is 26.0. The van der Waals surface area contributed by atoms with Gasteiger partial charge in [0, 0.05) is 63.4 Å². The van der Waals surface area contributed by atoms with Crippen LogP contribution >= 0.6 is 0 Å². The number of nitrogens with one attached hydrogen (secondary N) is 5. The van der Waals surface area contributed by atoms with E-state index in [-0.39, 0.29) is 56.3 Å². The summed E-state index contributed by atoms with van der Waals surface area (Å²) in [5.41, 5.74) is -5.15. The molecule has 5 rings (SSSR count). The van der Waals surface area contributed by atoms with Crippen LogP contribution in [0.4, 0.5) is 29.7 Å². The van der Waals surface area contributed by atoms with Crippen molar-refractivity contribution in [1.29, 1.82) is 0 Å². The third-order valence-corrected chi connectivity index (χ3v) is 13.9. The molecule has 0 spiro atoms. The van der Waals surface area contributed by atoms with Gasteiger partial charge in [0.1, 0.15) is 64.8 Å². The molecule has 6 amide bonds. The van der Waals surface area contributed by atoms with Crippen LogP contribution in [0.3, 0.4) is 0 Å². The van der Waals surface area contributed by atoms with E-state index in [9.17, 15) is 59.3 Å². The Morgan fingerprint density at radius 1 is 0.833 bits per heavy atom. The van der Waals surface area contributed by atoms with E-state index in [0.717, 1.165) is 4.90 Å². The summed E-state index contributed by atoms with van der Waals surface area (Å²) in [6.07, 6.45) is -12.0. The van der Waals surface area contributed by atoms with E-state index in [1.165, 1.54) is 38.2 Å². The van der Waals surface area contributed by atoms with Crippen molar-refractivity contribution in [3.63, 3.8) is 0 Å². The summed E-state index contributed by atoms with van der Waals surface area (Å²) in [6.45, 7) is 21.4. The second-order valence-electron chi connectivity index (χ2n) is 26.0. The lowest BCUT2D eigenvalue weighted by Gasteiger charge is -2.52. The fourth-order valence-electron chi connectivity index (χ4n) is 10.2. The van der Waals surface area contributed by atoms with Gasteiger partial charge in [0.05, 0.1) is 36.3 Å². The number of nitro groups is 1. The maximum Gasteiger partial charge on any atom is 0.410 e. The predicted octanol–water partition coefficient (Wildman–Crippen LogP) is 3.83. The zero-order valence-electron chi connectivity index (χ0n) is 50.8. The number of nitrogens with zero attached hydrogens (tertiary/aromatic N) is 3. The molecule has 0 bridgehead atoms. The number of non-ortho nitro benzene ring substituents is 1. The minimum absolute atomic E-state index is 0.0851. The molecule has 84 heavy (non-hydrogen) atoms. The highest BCUT2D eigenvalue weighted by molar-refractivity contribution is 5.81. The van der Waals surface area contributed by atoms with E-state index in [2.05, 4.69) is 26.6 Å². The monoisotopic (exact) mass is 1190 g/mol. The minimum atomic E-state index is -1.90. The summed E-state index contributed by atoms with van der Waals surface area (Å²) in [5.74, 6) is -2.13. The Morgan fingerprint density at radius 3 is 2.06 bits per heavy atom. The van der Waals surface area contributed by atoms with Crippen molar-refractivity contribution < 1.29 is 92.0 Å². The van der Waals surface area contributed by atoms with Gasteiger partial charge in [0.2, 0.25) is 5.91 Å². The zero-order valence-corrected chi connectivity index (χ0v) is 50.8. The number of carbonyl (C=O) groups excluding carboxylic acids is 6. The Balaban J connectivity index is 1.53. The first-order valence-electron chi connectivity index (χ1n) is 28.3. The Morgan fingerprint density at radius 2 is 1.45 bits per heavy atom. The second kappa shape index (κ2) is 28.3. The van der Waals surface area contributed by atoms with Crippen molar-refractivity contribution in [2.45, 2.75) is 211 Å². The summed E-state index contributed by atoms with van der Waals surface area (Å²) < 4.78 is 46.9. The van der Waals surface area contributed by atoms with Crippen molar-refractivity contribution in [1.82, 2.24) is 36.4 Å². The molecule has 0 radical (unpaired) electrons. The number of likely N-dealkylation sites (N-methyl/N-ethyl adjacent to an activating group) is 1. The number of hydrogen-bond donors (Lipinski definition) is 9. The van der Waals surface area contributed by atoms with Crippen molar-refractivity contribution in [2.24, 2.45) is 11.8 Å². The van der Waals surface area contributed by atoms with Crippen LogP contribution in [0.5, 0.6) is 0 Å². The van der Waals surface area contributed by atoms with E-state index in [0.29, 0.717) is 31.6 Å². The number of ether oxygens (including phenoxy) is 8. The van der Waals surface area contributed by atoms with Crippen molar-refractivity contribution in [2.75, 3.05) is 46.4 Å². The molecule has 13 atom stereocenters. The van der Waals surface area contributed by atoms with Crippen LogP contribution < -0.4 is 26.6 Å². The standard InChI is InChI=1S/C56H90N8O20/c1-52(2,3)81-48(70)57-23-21-38(65)45(68)60-37-25-36(61-49(71)82-53(4,5)6)39(40(66)43(37)80-46-41(67)44(56(13,74)30-78-46)62(14)50(72)83-54(7,8)9)42-35(58-26-32-22-24-63(28-32)51(73)84-55(10,11)12)20-19-34(79-42)27-59-47(69)77-29-31-15-17-33(18-16-31)64(75)76/h15-19,32,35-44,46,58,65-67,74H,20-30H2,1-14H3,(H,57,70)(H,59,69)(H,60,68)(H,61,71)/t32?,35-,36+,37-,38+,39?,40+,41-,42+,43+,44-,46-,56+/m1/s1. The van der Waals surface area contributed by atoms with E-state index in [1.807, 2.05) is 0 Å². The SMILES string of the molecule is CN(C(=O)OC(C)(C)C)[C@@H]1[C@@H](O)[C@@H](O[C@H]2[C@H](NC(=O)[C@@H](O)CCNC(=O)OC(C)(C)C)C[C@H](NC(=O)OC(C)(C)C)C([C@H]3OC(CNC(=O)OCc4ccc([N+](=O)[O-])cc4)=CC[C@H]3NCC3CCN(C(=O)OC(C)(C)C)C3)[C@@H]2O)OC[C@]1(C)O. The third-order valence-electron chi connectivity index (χ3n) is 13.9.